The molecular weight excluding hydrogens is 596 g/mol. The predicted octanol–water partition coefficient (Wildman–Crippen LogP) is 5.01. The lowest BCUT2D eigenvalue weighted by Crippen LogP contribution is -2.57. The summed E-state index contributed by atoms with van der Waals surface area (Å²) in [5.74, 6) is -2.25. The summed E-state index contributed by atoms with van der Waals surface area (Å²) >= 11 is 0. The van der Waals surface area contributed by atoms with Crippen LogP contribution in [0.4, 0.5) is 0 Å². The Kier molecular flexibility index (Phi) is 5.83. The molecule has 0 amide bonds. The number of ether oxygens (including phenoxy) is 5. The smallest absolute Gasteiger partial charge is 0.351 e. The number of benzene rings is 1. The maximum atomic E-state index is 14.4. The van der Waals surface area contributed by atoms with Gasteiger partial charge in [0.1, 0.15) is 16.9 Å². The van der Waals surface area contributed by atoms with E-state index in [0.717, 1.165) is 0 Å². The molecule has 0 spiro atoms. The Morgan fingerprint density at radius 2 is 1.26 bits per heavy atom. The van der Waals surface area contributed by atoms with Crippen molar-refractivity contribution in [3.05, 3.63) is 39.7 Å². The van der Waals surface area contributed by atoms with Gasteiger partial charge in [0.25, 0.3) is 0 Å². The summed E-state index contributed by atoms with van der Waals surface area (Å²) in [5, 5.41) is 0.542. The topological polar surface area (TPSA) is 145 Å². The molecule has 4 fully saturated rings. The van der Waals surface area contributed by atoms with Crippen LogP contribution in [0, 0.1) is 28.6 Å². The number of esters is 4. The summed E-state index contributed by atoms with van der Waals surface area (Å²) in [5.41, 5.74) is -7.95. The molecule has 7 rings (SSSR count). The molecule has 2 aromatic rings. The highest BCUT2D eigenvalue weighted by atomic mass is 16.7. The van der Waals surface area contributed by atoms with E-state index in [1.54, 1.807) is 52.8 Å². The zero-order chi connectivity index (χ0) is 33.6. The van der Waals surface area contributed by atoms with Gasteiger partial charge < -0.3 is 28.1 Å². The molecule has 46 heavy (non-hydrogen) atoms. The van der Waals surface area contributed by atoms with Crippen molar-refractivity contribution in [1.29, 1.82) is 0 Å². The molecule has 5 aliphatic rings. The van der Waals surface area contributed by atoms with E-state index in [4.69, 9.17) is 28.1 Å². The van der Waals surface area contributed by atoms with Gasteiger partial charge in [-0.2, -0.15) is 0 Å². The molecule has 4 bridgehead atoms. The molecule has 1 aromatic carbocycles. The van der Waals surface area contributed by atoms with E-state index >= 15 is 0 Å². The molecule has 0 radical (unpaired) electrons. The van der Waals surface area contributed by atoms with E-state index in [1.165, 1.54) is 0 Å². The van der Waals surface area contributed by atoms with Crippen molar-refractivity contribution >= 4 is 34.8 Å². The Balaban J connectivity index is 1.37. The minimum Gasteiger partial charge on any atom is -0.483 e. The fourth-order valence-corrected chi connectivity index (χ4v) is 8.66. The van der Waals surface area contributed by atoms with Gasteiger partial charge in [-0.3, -0.25) is 9.59 Å². The average Bonchev–Trinajstić information content (AvgIpc) is 3.43. The second kappa shape index (κ2) is 8.72. The molecule has 6 atom stereocenters. The van der Waals surface area contributed by atoms with Gasteiger partial charge in [-0.15, -0.1) is 0 Å². The first-order valence-electron chi connectivity index (χ1n) is 15.8. The van der Waals surface area contributed by atoms with Crippen LogP contribution in [-0.4, -0.2) is 46.8 Å². The number of carbonyl (C=O) groups excluding carboxylic acids is 4. The molecule has 11 heteroatoms. The van der Waals surface area contributed by atoms with E-state index in [1.807, 2.05) is 27.7 Å². The lowest BCUT2D eigenvalue weighted by molar-refractivity contribution is -0.217. The van der Waals surface area contributed by atoms with E-state index in [0.29, 0.717) is 23.8 Å². The first kappa shape index (κ1) is 30.7. The standard InChI is InChI=1S/C35H40O11/c1-17-16-18-10-11-19-20(21(18)41-24(17)36)22(42-27(39)34-14-12-32(8,25(37)45-34)30(34,4)5)23(29(2,3)44-19)43-28(40)35-15-13-33(9,26(38)46-35)31(35,6)7/h10-11,16,22-23H,12-15H2,1-9H3/t22-,23-,32+,33+,34-,35-/m1/s1. The number of rotatable bonds is 4. The van der Waals surface area contributed by atoms with Crippen molar-refractivity contribution < 1.29 is 47.3 Å². The zero-order valence-electron chi connectivity index (χ0n) is 27.7. The lowest BCUT2D eigenvalue weighted by atomic mass is 9.66. The van der Waals surface area contributed by atoms with Crippen molar-refractivity contribution in [1.82, 2.24) is 0 Å². The maximum absolute atomic E-state index is 14.4. The third kappa shape index (κ3) is 3.31. The minimum atomic E-state index is -1.59. The molecule has 0 N–H and O–H groups in total. The molecular formula is C35H40O11. The quantitative estimate of drug-likeness (QED) is 0.254. The molecule has 11 nitrogen and oxygen atoms in total. The fraction of sp³-hybridized carbons (Fsp3) is 0.629. The number of hydrogen-bond donors (Lipinski definition) is 0. The second-order valence-corrected chi connectivity index (χ2v) is 15.8. The highest BCUT2D eigenvalue weighted by molar-refractivity contribution is 5.95. The van der Waals surface area contributed by atoms with Gasteiger partial charge in [0.05, 0.1) is 16.4 Å². The van der Waals surface area contributed by atoms with Crippen LogP contribution in [0.1, 0.15) is 98.3 Å². The fourth-order valence-electron chi connectivity index (χ4n) is 8.66. The van der Waals surface area contributed by atoms with Crippen LogP contribution in [-0.2, 0) is 38.1 Å². The Morgan fingerprint density at radius 1 is 0.739 bits per heavy atom. The Bertz CT molecular complexity index is 1830. The summed E-state index contributed by atoms with van der Waals surface area (Å²) in [4.78, 5) is 67.6. The van der Waals surface area contributed by atoms with Crippen LogP contribution in [0.3, 0.4) is 0 Å². The van der Waals surface area contributed by atoms with Crippen LogP contribution in [0.15, 0.2) is 27.4 Å². The highest BCUT2D eigenvalue weighted by Gasteiger charge is 2.78. The molecule has 4 heterocycles. The van der Waals surface area contributed by atoms with Crippen molar-refractivity contribution in [2.45, 2.75) is 117 Å². The van der Waals surface area contributed by atoms with E-state index in [9.17, 15) is 24.0 Å². The third-order valence-corrected chi connectivity index (χ3v) is 13.0. The number of fused-ring (bicyclic) bond motifs is 7. The first-order chi connectivity index (χ1) is 21.2. The Hall–Kier alpha value is -3.89. The highest BCUT2D eigenvalue weighted by Crippen LogP contribution is 2.67. The summed E-state index contributed by atoms with van der Waals surface area (Å²) in [6.07, 6.45) is -1.27. The normalized spacial score (nSPS) is 37.3. The van der Waals surface area contributed by atoms with Crippen LogP contribution < -0.4 is 10.4 Å². The van der Waals surface area contributed by atoms with Gasteiger partial charge in [-0.05, 0) is 78.5 Å². The maximum Gasteiger partial charge on any atom is 0.351 e. The first-order valence-corrected chi connectivity index (χ1v) is 15.8. The third-order valence-electron chi connectivity index (χ3n) is 13.0. The van der Waals surface area contributed by atoms with Crippen molar-refractivity contribution in [2.24, 2.45) is 21.7 Å². The zero-order valence-corrected chi connectivity index (χ0v) is 27.7. The monoisotopic (exact) mass is 636 g/mol. The van der Waals surface area contributed by atoms with Crippen LogP contribution in [0.25, 0.3) is 11.0 Å². The summed E-state index contributed by atoms with van der Waals surface area (Å²) < 4.78 is 36.5. The van der Waals surface area contributed by atoms with Crippen molar-refractivity contribution in [2.75, 3.05) is 0 Å². The predicted molar refractivity (Wildman–Crippen MR) is 161 cm³/mol. The van der Waals surface area contributed by atoms with Gasteiger partial charge in [0, 0.05) is 21.8 Å². The lowest BCUT2D eigenvalue weighted by Gasteiger charge is -2.45. The SMILES string of the molecule is Cc1cc2ccc3c(c2oc1=O)[C@@H](OC(=O)[C@@]12CC[C@@](C)(C(=O)O1)C2(C)C)[C@@H](OC(=O)[C@@]12CC[C@@](C)(C(=O)O1)C2(C)C)C(C)(C)O3. The van der Waals surface area contributed by atoms with Gasteiger partial charge >= 0.3 is 29.5 Å². The number of aryl methyl sites for hydroxylation is 1. The molecule has 3 aliphatic heterocycles. The van der Waals surface area contributed by atoms with Gasteiger partial charge in [0.2, 0.25) is 11.2 Å². The molecule has 2 saturated heterocycles. The summed E-state index contributed by atoms with van der Waals surface area (Å²) in [7, 11) is 0. The number of hydrogen-bond acceptors (Lipinski definition) is 11. The van der Waals surface area contributed by atoms with Gasteiger partial charge in [0.15, 0.2) is 12.2 Å². The van der Waals surface area contributed by atoms with Gasteiger partial charge in [-0.25, -0.2) is 14.4 Å². The molecule has 1 aromatic heterocycles. The largest absolute Gasteiger partial charge is 0.483 e. The minimum absolute atomic E-state index is 0.109. The number of carbonyl (C=O) groups is 4. The van der Waals surface area contributed by atoms with Crippen molar-refractivity contribution in [3.63, 3.8) is 0 Å². The second-order valence-electron chi connectivity index (χ2n) is 15.8. The Morgan fingerprint density at radius 3 is 1.74 bits per heavy atom. The van der Waals surface area contributed by atoms with E-state index in [2.05, 4.69) is 0 Å². The average molecular weight is 637 g/mol. The molecule has 2 saturated carbocycles. The Labute approximate surface area is 266 Å². The van der Waals surface area contributed by atoms with Crippen LogP contribution in [0.2, 0.25) is 0 Å². The van der Waals surface area contributed by atoms with E-state index < -0.39 is 80.2 Å². The summed E-state index contributed by atoms with van der Waals surface area (Å²) in [6, 6.07) is 5.07. The van der Waals surface area contributed by atoms with Crippen molar-refractivity contribution in [3.8, 4) is 5.75 Å². The molecule has 2 aliphatic carbocycles. The molecule has 0 unspecified atom stereocenters. The van der Waals surface area contributed by atoms with Gasteiger partial charge in [-0.1, -0.05) is 27.7 Å². The van der Waals surface area contributed by atoms with Crippen LogP contribution >= 0.6 is 0 Å². The summed E-state index contributed by atoms with van der Waals surface area (Å²) in [6.45, 7) is 15.9. The van der Waals surface area contributed by atoms with E-state index in [-0.39, 0.29) is 29.7 Å². The molecule has 246 valence electrons. The van der Waals surface area contributed by atoms with Crippen LogP contribution in [0.5, 0.6) is 5.75 Å².